The summed E-state index contributed by atoms with van der Waals surface area (Å²) >= 11 is 0. The Kier molecular flexibility index (Phi) is 26.5. The van der Waals surface area contributed by atoms with Crippen LogP contribution in [0.1, 0.15) is 148 Å². The van der Waals surface area contributed by atoms with Crippen molar-refractivity contribution < 1.29 is 62.6 Å². The van der Waals surface area contributed by atoms with Gasteiger partial charge in [0.2, 0.25) is 65.0 Å². The van der Waals surface area contributed by atoms with E-state index in [2.05, 4.69) is 62.5 Å². The number of carbonyl (C=O) groups is 12. The number of carboxylic acid groups (broad SMARTS) is 1. The number of carbonyl (C=O) groups excluding carboxylic acids is 11. The molecule has 0 bridgehead atoms. The molecular weight excluding hydrogens is 1240 g/mol. The average Bonchev–Trinajstić information content (AvgIpc) is 1.63. The molecule has 8 rings (SSSR count). The first kappa shape index (κ1) is 73.1. The van der Waals surface area contributed by atoms with E-state index in [1.807, 2.05) is 0 Å². The second-order valence-corrected chi connectivity index (χ2v) is 26.1. The number of imidazole rings is 2. The molecule has 0 saturated carbocycles. The maximum Gasteiger partial charge on any atom is 0.326 e. The van der Waals surface area contributed by atoms with Gasteiger partial charge >= 0.3 is 5.97 Å². The van der Waals surface area contributed by atoms with E-state index in [-0.39, 0.29) is 101 Å². The van der Waals surface area contributed by atoms with Crippen LogP contribution in [0.25, 0.3) is 0 Å². The van der Waals surface area contributed by atoms with E-state index < -0.39 is 126 Å². The molecule has 6 aliphatic heterocycles. The second kappa shape index (κ2) is 34.8. The largest absolute Gasteiger partial charge is 0.480 e. The lowest BCUT2D eigenvalue weighted by molar-refractivity contribution is -0.152. The van der Waals surface area contributed by atoms with Crippen molar-refractivity contribution in [3.63, 3.8) is 0 Å². The molecule has 33 nitrogen and oxygen atoms in total. The van der Waals surface area contributed by atoms with Crippen LogP contribution < -0.4 is 54.0 Å². The van der Waals surface area contributed by atoms with Gasteiger partial charge in [-0.15, -0.1) is 0 Å². The first-order valence-electron chi connectivity index (χ1n) is 34.1. The van der Waals surface area contributed by atoms with Crippen LogP contribution in [0.5, 0.6) is 0 Å². The molecule has 0 radical (unpaired) electrons. The predicted octanol–water partition coefficient (Wildman–Crippen LogP) is -2.92. The maximum atomic E-state index is 15.0. The summed E-state index contributed by atoms with van der Waals surface area (Å²) in [4.78, 5) is 192. The van der Waals surface area contributed by atoms with Gasteiger partial charge in [0.15, 0.2) is 5.96 Å². The Morgan fingerprint density at radius 2 is 1.04 bits per heavy atom. The monoisotopic (exact) mass is 1340 g/mol. The Morgan fingerprint density at radius 1 is 0.562 bits per heavy atom. The van der Waals surface area contributed by atoms with E-state index in [0.717, 1.165) is 13.0 Å². The summed E-state index contributed by atoms with van der Waals surface area (Å²) < 4.78 is 0. The Morgan fingerprint density at radius 3 is 1.54 bits per heavy atom. The van der Waals surface area contributed by atoms with Crippen molar-refractivity contribution in [3.8, 4) is 0 Å². The van der Waals surface area contributed by atoms with Crippen LogP contribution in [-0.4, -0.2) is 251 Å². The Hall–Kier alpha value is -8.75. The lowest BCUT2D eigenvalue weighted by Gasteiger charge is -2.36. The van der Waals surface area contributed by atoms with Gasteiger partial charge in [0.05, 0.1) is 30.1 Å². The minimum absolute atomic E-state index is 0.0388. The summed E-state index contributed by atoms with van der Waals surface area (Å²) in [6.07, 6.45) is 13.1. The zero-order chi connectivity index (χ0) is 69.2. The number of likely N-dealkylation sites (tertiary alicyclic amines) is 5. The molecule has 11 amide bonds. The molecule has 528 valence electrons. The third kappa shape index (κ3) is 18.6. The molecule has 2 aromatic heterocycles. The van der Waals surface area contributed by atoms with Gasteiger partial charge in [-0.3, -0.25) is 58.1 Å². The van der Waals surface area contributed by atoms with Crippen LogP contribution in [0.3, 0.4) is 0 Å². The maximum absolute atomic E-state index is 15.0. The molecule has 2 aromatic rings. The summed E-state index contributed by atoms with van der Waals surface area (Å²) in [7, 11) is 0. The molecule has 0 unspecified atom stereocenters. The van der Waals surface area contributed by atoms with Crippen LogP contribution >= 0.6 is 0 Å². The molecule has 0 aliphatic carbocycles. The van der Waals surface area contributed by atoms with E-state index in [0.29, 0.717) is 108 Å². The normalized spacial score (nSPS) is 23.1. The van der Waals surface area contributed by atoms with Crippen molar-refractivity contribution >= 4 is 76.9 Å². The lowest BCUT2D eigenvalue weighted by atomic mass is 9.96. The molecule has 6 fully saturated rings. The third-order valence-corrected chi connectivity index (χ3v) is 19.4. The summed E-state index contributed by atoms with van der Waals surface area (Å²) in [5, 5.41) is 39.5. The predicted molar refractivity (Wildman–Crippen MR) is 346 cm³/mol. The zero-order valence-corrected chi connectivity index (χ0v) is 55.2. The van der Waals surface area contributed by atoms with E-state index in [4.69, 9.17) is 16.9 Å². The number of aromatic amines is 2. The van der Waals surface area contributed by atoms with Crippen LogP contribution in [0.4, 0.5) is 0 Å². The number of H-pyrrole nitrogens is 2. The van der Waals surface area contributed by atoms with E-state index in [1.165, 1.54) is 35.6 Å². The number of hydrogen-bond donors (Lipinski definition) is 14. The van der Waals surface area contributed by atoms with Crippen LogP contribution in [0, 0.1) is 11.3 Å². The Bertz CT molecular complexity index is 3070. The number of unbranched alkanes of at least 4 members (excludes halogenated alkanes) is 1. The van der Waals surface area contributed by atoms with E-state index in [9.17, 15) is 62.6 Å². The molecule has 13 atom stereocenters. The number of hydrogen-bond acceptors (Lipinski definition) is 17. The zero-order valence-electron chi connectivity index (χ0n) is 55.2. The molecule has 33 heteroatoms. The molecule has 0 spiro atoms. The Labute approximate surface area is 557 Å². The molecular formula is C63H98N20O13. The highest BCUT2D eigenvalue weighted by atomic mass is 16.4. The number of rotatable bonds is 32. The highest BCUT2D eigenvalue weighted by Crippen LogP contribution is 2.32. The first-order valence-corrected chi connectivity index (χ1v) is 34.1. The fourth-order valence-corrected chi connectivity index (χ4v) is 13.9. The number of guanidine groups is 1. The first-order chi connectivity index (χ1) is 46.1. The number of nitrogens with one attached hydrogen (secondary N) is 11. The molecule has 96 heavy (non-hydrogen) atoms. The van der Waals surface area contributed by atoms with E-state index in [1.54, 1.807) is 34.7 Å². The molecule has 16 N–H and O–H groups in total. The van der Waals surface area contributed by atoms with Crippen LogP contribution in [-0.2, 0) is 70.4 Å². The van der Waals surface area contributed by atoms with Gasteiger partial charge < -0.3 is 93.6 Å². The van der Waals surface area contributed by atoms with Gasteiger partial charge in [0.25, 0.3) is 0 Å². The molecule has 8 heterocycles. The van der Waals surface area contributed by atoms with Gasteiger partial charge in [-0.1, -0.05) is 20.3 Å². The number of nitrogens with zero attached hydrogens (tertiary/aromatic N) is 7. The molecule has 6 aliphatic rings. The fourth-order valence-electron chi connectivity index (χ4n) is 13.9. The summed E-state index contributed by atoms with van der Waals surface area (Å²) in [5.41, 5.74) is 11.8. The smallest absolute Gasteiger partial charge is 0.326 e. The van der Waals surface area contributed by atoms with Gasteiger partial charge in [-0.25, -0.2) is 14.8 Å². The highest BCUT2D eigenvalue weighted by molar-refractivity contribution is 6.00. The van der Waals surface area contributed by atoms with Gasteiger partial charge in [0, 0.05) is 64.5 Å². The van der Waals surface area contributed by atoms with Crippen molar-refractivity contribution in [1.29, 1.82) is 5.41 Å². The van der Waals surface area contributed by atoms with E-state index >= 15 is 0 Å². The summed E-state index contributed by atoms with van der Waals surface area (Å²) in [5.74, 6) is -8.35. The minimum atomic E-state index is -1.39. The number of carboxylic acids is 1. The topological polar surface area (TPSA) is 471 Å². The van der Waals surface area contributed by atoms with Crippen molar-refractivity contribution in [2.24, 2.45) is 17.4 Å². The quantitative estimate of drug-likeness (QED) is 0.0198. The molecule has 6 saturated heterocycles. The second-order valence-electron chi connectivity index (χ2n) is 26.1. The number of nitrogens with two attached hydrogens (primary N) is 2. The van der Waals surface area contributed by atoms with Crippen molar-refractivity contribution in [2.75, 3.05) is 52.4 Å². The average molecular weight is 1340 g/mol. The van der Waals surface area contributed by atoms with Gasteiger partial charge in [-0.2, -0.15) is 0 Å². The third-order valence-electron chi connectivity index (χ3n) is 19.4. The number of amides is 11. The Balaban J connectivity index is 0.912. The number of aliphatic carboxylic acids is 1. The highest BCUT2D eigenvalue weighted by Gasteiger charge is 2.49. The fraction of sp³-hybridized carbons (Fsp3) is 0.698. The van der Waals surface area contributed by atoms with Crippen LogP contribution in [0.15, 0.2) is 25.0 Å². The van der Waals surface area contributed by atoms with Gasteiger partial charge in [-0.05, 0) is 135 Å². The summed E-state index contributed by atoms with van der Waals surface area (Å²) in [6, 6.07) is -12.7. The minimum Gasteiger partial charge on any atom is -0.480 e. The van der Waals surface area contributed by atoms with Crippen LogP contribution in [0.2, 0.25) is 0 Å². The van der Waals surface area contributed by atoms with Gasteiger partial charge in [0.1, 0.15) is 66.5 Å². The van der Waals surface area contributed by atoms with Crippen molar-refractivity contribution in [2.45, 2.75) is 222 Å². The standard InChI is InChI=1S/C63H98N20O13/c1-4-36(2)50(56(89)75-42(62(95)96)14-5-6-22-64)78-52(85)40(15-7-24-70-63(65)66)74-51(84)37(3)73-53(86)43(30-38-32-67-34-71-38)76-54(87)45-17-9-25-79(45)58(91)44(31-39-33-68-35-72-39)77-55(88)46-18-10-26-80(46)59(92)48-20-12-28-82(48)61(94)49-21-13-29-83(49)60(93)47-19-11-27-81(47)57(90)41-16-8-23-69-41/h32-37,40-50,69H,4-31,64H2,1-3H3,(H,67,71)(H,68,72)(H,73,86)(H,74,84)(H,75,89)(H,76,87)(H,77,88)(H,78,85)(H,95,96)(H4,65,66,70)/t36-,37-,40-,41-,42-,43-,44-,45-,46-,47-,48-,49-,50-/m0/s1. The molecule has 0 aromatic carbocycles. The SMILES string of the molecule is CC[C@H](C)[C@H](NC(=O)[C@H](CCCNC(=N)N)NC(=O)[C@H](C)NC(=O)[C@H](Cc1c[nH]cn1)NC(=O)[C@@H]1CCCN1C(=O)[C@H](Cc1c[nH]cn1)NC(=O)[C@@H]1CCCN1C(=O)[C@@H]1CCCN1C(=O)[C@@H]1CCCN1C(=O)[C@@H]1CCCN1C(=O)[C@@H]1CCCN1)C(=O)N[C@@H](CCCCN)C(=O)O. The number of aromatic nitrogens is 4. The lowest BCUT2D eigenvalue weighted by Crippen LogP contribution is -2.60. The van der Waals surface area contributed by atoms with Crippen molar-refractivity contribution in [3.05, 3.63) is 36.4 Å². The van der Waals surface area contributed by atoms with Crippen molar-refractivity contribution in [1.82, 2.24) is 87.0 Å². The summed E-state index contributed by atoms with van der Waals surface area (Å²) in [6.45, 7) is 7.45.